The van der Waals surface area contributed by atoms with Crippen LogP contribution in [0.15, 0.2) is 18.2 Å². The lowest BCUT2D eigenvalue weighted by molar-refractivity contribution is -0.137. The van der Waals surface area contributed by atoms with Crippen molar-refractivity contribution in [1.82, 2.24) is 5.32 Å². The van der Waals surface area contributed by atoms with Gasteiger partial charge < -0.3 is 16.4 Å². The fourth-order valence-corrected chi connectivity index (χ4v) is 1.93. The highest BCUT2D eigenvalue weighted by atomic mass is 35.5. The molecule has 1 aromatic carbocycles. The number of nitrogens with two attached hydrogens (primary N) is 1. The van der Waals surface area contributed by atoms with Gasteiger partial charge in [-0.1, -0.05) is 11.6 Å². The number of rotatable bonds is 5. The number of alkyl halides is 3. The van der Waals surface area contributed by atoms with Crippen molar-refractivity contribution in [3.05, 3.63) is 28.8 Å². The van der Waals surface area contributed by atoms with Crippen molar-refractivity contribution in [2.45, 2.75) is 25.6 Å². The van der Waals surface area contributed by atoms with Crippen molar-refractivity contribution >= 4 is 35.0 Å². The van der Waals surface area contributed by atoms with Gasteiger partial charge in [0, 0.05) is 17.6 Å². The van der Waals surface area contributed by atoms with Gasteiger partial charge in [-0.25, -0.2) is 0 Å². The van der Waals surface area contributed by atoms with Crippen LogP contribution in [-0.4, -0.2) is 23.8 Å². The van der Waals surface area contributed by atoms with E-state index in [4.69, 9.17) is 17.3 Å². The van der Waals surface area contributed by atoms with E-state index in [-0.39, 0.29) is 10.7 Å². The fraction of sp³-hybridized carbons (Fsp3) is 0.308. The van der Waals surface area contributed by atoms with E-state index in [0.29, 0.717) is 12.1 Å². The second-order valence-corrected chi connectivity index (χ2v) is 5.07. The number of amides is 3. The van der Waals surface area contributed by atoms with E-state index < -0.39 is 41.9 Å². The SMILES string of the molecule is CC(=O)N[C@@H](CC(=O)Nc1cc(Cl)cc(C(F)(F)F)c1)C(N)=O. The molecule has 4 N–H and O–H groups in total. The molecule has 1 atom stereocenters. The minimum atomic E-state index is -4.63. The molecule has 0 aromatic heterocycles. The average Bonchev–Trinajstić information content (AvgIpc) is 2.35. The Labute approximate surface area is 134 Å². The van der Waals surface area contributed by atoms with Crippen molar-refractivity contribution in [1.29, 1.82) is 0 Å². The maximum Gasteiger partial charge on any atom is 0.416 e. The van der Waals surface area contributed by atoms with Gasteiger partial charge in [0.1, 0.15) is 6.04 Å². The number of benzene rings is 1. The molecule has 0 fully saturated rings. The van der Waals surface area contributed by atoms with Crippen molar-refractivity contribution in [3.8, 4) is 0 Å². The molecule has 0 spiro atoms. The van der Waals surface area contributed by atoms with Crippen molar-refractivity contribution in [3.63, 3.8) is 0 Å². The highest BCUT2D eigenvalue weighted by Crippen LogP contribution is 2.33. The average molecular weight is 352 g/mol. The summed E-state index contributed by atoms with van der Waals surface area (Å²) in [6, 6.07) is 1.25. The Morgan fingerprint density at radius 3 is 2.35 bits per heavy atom. The lowest BCUT2D eigenvalue weighted by Crippen LogP contribution is -2.45. The fourth-order valence-electron chi connectivity index (χ4n) is 1.69. The van der Waals surface area contributed by atoms with Gasteiger partial charge >= 0.3 is 6.18 Å². The lowest BCUT2D eigenvalue weighted by Gasteiger charge is -2.15. The van der Waals surface area contributed by atoms with Crippen LogP contribution in [-0.2, 0) is 20.6 Å². The van der Waals surface area contributed by atoms with Gasteiger partial charge in [0.05, 0.1) is 12.0 Å². The van der Waals surface area contributed by atoms with Crippen LogP contribution < -0.4 is 16.4 Å². The smallest absolute Gasteiger partial charge is 0.368 e. The first-order valence-corrected chi connectivity index (χ1v) is 6.61. The molecule has 3 amide bonds. The maximum absolute atomic E-state index is 12.7. The van der Waals surface area contributed by atoms with E-state index in [1.165, 1.54) is 0 Å². The number of nitrogens with one attached hydrogen (secondary N) is 2. The molecule has 1 rings (SSSR count). The first-order chi connectivity index (χ1) is 10.5. The van der Waals surface area contributed by atoms with Crippen LogP contribution in [0.25, 0.3) is 0 Å². The number of carbonyl (C=O) groups excluding carboxylic acids is 3. The van der Waals surface area contributed by atoms with E-state index in [9.17, 15) is 27.6 Å². The highest BCUT2D eigenvalue weighted by Gasteiger charge is 2.31. The molecule has 0 aliphatic heterocycles. The van der Waals surface area contributed by atoms with Crippen molar-refractivity contribution in [2.75, 3.05) is 5.32 Å². The summed E-state index contributed by atoms with van der Waals surface area (Å²) in [5.41, 5.74) is 3.80. The predicted molar refractivity (Wildman–Crippen MR) is 76.5 cm³/mol. The second kappa shape index (κ2) is 7.32. The quantitative estimate of drug-likeness (QED) is 0.752. The van der Waals surface area contributed by atoms with Crippen LogP contribution in [0.3, 0.4) is 0 Å². The molecular formula is C13H13ClF3N3O3. The van der Waals surface area contributed by atoms with Crippen LogP contribution in [0.1, 0.15) is 18.9 Å². The zero-order valence-electron chi connectivity index (χ0n) is 11.8. The normalized spacial score (nSPS) is 12.4. The molecule has 0 bridgehead atoms. The van der Waals surface area contributed by atoms with E-state index in [1.54, 1.807) is 0 Å². The number of hydrogen-bond acceptors (Lipinski definition) is 3. The number of hydrogen-bond donors (Lipinski definition) is 3. The van der Waals surface area contributed by atoms with Gasteiger partial charge in [-0.15, -0.1) is 0 Å². The van der Waals surface area contributed by atoms with Gasteiger partial charge in [0.15, 0.2) is 0 Å². The van der Waals surface area contributed by atoms with Crippen molar-refractivity contribution in [2.24, 2.45) is 5.73 Å². The Morgan fingerprint density at radius 2 is 1.87 bits per heavy atom. The zero-order valence-corrected chi connectivity index (χ0v) is 12.6. The highest BCUT2D eigenvalue weighted by molar-refractivity contribution is 6.31. The number of primary amides is 1. The third-order valence-electron chi connectivity index (χ3n) is 2.62. The number of anilines is 1. The second-order valence-electron chi connectivity index (χ2n) is 4.63. The van der Waals surface area contributed by atoms with E-state index in [0.717, 1.165) is 13.0 Å². The van der Waals surface area contributed by atoms with Gasteiger partial charge in [-0.2, -0.15) is 13.2 Å². The minimum absolute atomic E-state index is 0.194. The van der Waals surface area contributed by atoms with Crippen LogP contribution in [0.5, 0.6) is 0 Å². The van der Waals surface area contributed by atoms with Gasteiger partial charge in [-0.3, -0.25) is 14.4 Å². The summed E-state index contributed by atoms with van der Waals surface area (Å²) in [7, 11) is 0. The van der Waals surface area contributed by atoms with E-state index >= 15 is 0 Å². The van der Waals surface area contributed by atoms with Crippen LogP contribution in [0.4, 0.5) is 18.9 Å². The van der Waals surface area contributed by atoms with Crippen molar-refractivity contribution < 1.29 is 27.6 Å². The summed E-state index contributed by atoms with van der Waals surface area (Å²) in [4.78, 5) is 33.8. The van der Waals surface area contributed by atoms with Crippen LogP contribution in [0.2, 0.25) is 5.02 Å². The molecule has 0 heterocycles. The monoisotopic (exact) mass is 351 g/mol. The van der Waals surface area contributed by atoms with Gasteiger partial charge in [-0.05, 0) is 18.2 Å². The molecule has 0 aliphatic rings. The first-order valence-electron chi connectivity index (χ1n) is 6.23. The minimum Gasteiger partial charge on any atom is -0.368 e. The number of halogens is 4. The molecule has 10 heteroatoms. The van der Waals surface area contributed by atoms with E-state index in [1.807, 2.05) is 0 Å². The Balaban J connectivity index is 2.86. The molecule has 0 radical (unpaired) electrons. The molecule has 0 aliphatic carbocycles. The molecule has 0 saturated carbocycles. The van der Waals surface area contributed by atoms with Gasteiger partial charge in [0.2, 0.25) is 17.7 Å². The standard InChI is InChI=1S/C13H13ClF3N3O3/c1-6(21)19-10(12(18)23)5-11(22)20-9-3-7(13(15,16)17)2-8(14)4-9/h2-4,10H,5H2,1H3,(H2,18,23)(H,19,21)(H,20,22)/t10-/m0/s1. The summed E-state index contributed by atoms with van der Waals surface area (Å²) in [5.74, 6) is -2.33. The molecule has 6 nitrogen and oxygen atoms in total. The summed E-state index contributed by atoms with van der Waals surface area (Å²) in [5, 5.41) is 4.11. The van der Waals surface area contributed by atoms with Gasteiger partial charge in [0.25, 0.3) is 0 Å². The molecule has 23 heavy (non-hydrogen) atoms. The largest absolute Gasteiger partial charge is 0.416 e. The molecule has 126 valence electrons. The summed E-state index contributed by atoms with van der Waals surface area (Å²) < 4.78 is 38.0. The zero-order chi connectivity index (χ0) is 17.8. The topological polar surface area (TPSA) is 101 Å². The predicted octanol–water partition coefficient (Wildman–Crippen LogP) is 1.68. The molecular weight excluding hydrogens is 339 g/mol. The third kappa shape index (κ3) is 6.15. The lowest BCUT2D eigenvalue weighted by atomic mass is 10.1. The van der Waals surface area contributed by atoms with Crippen LogP contribution >= 0.6 is 11.6 Å². The van der Waals surface area contributed by atoms with Crippen LogP contribution in [0, 0.1) is 0 Å². The Kier molecular flexibility index (Phi) is 5.97. The maximum atomic E-state index is 12.7. The first kappa shape index (κ1) is 18.8. The molecule has 0 saturated heterocycles. The third-order valence-corrected chi connectivity index (χ3v) is 2.84. The molecule has 1 aromatic rings. The molecule has 0 unspecified atom stereocenters. The van der Waals surface area contributed by atoms with E-state index in [2.05, 4.69) is 10.6 Å². The summed E-state index contributed by atoms with van der Waals surface area (Å²) in [6.07, 6.45) is -5.15. The number of carbonyl (C=O) groups is 3. The Bertz CT molecular complexity index is 635. The summed E-state index contributed by atoms with van der Waals surface area (Å²) >= 11 is 5.58. The Morgan fingerprint density at radius 1 is 1.26 bits per heavy atom. The Hall–Kier alpha value is -2.29. The summed E-state index contributed by atoms with van der Waals surface area (Å²) in [6.45, 7) is 1.13.